The zero-order valence-corrected chi connectivity index (χ0v) is 10.6. The fourth-order valence-electron chi connectivity index (χ4n) is 2.31. The Labute approximate surface area is 108 Å². The molecule has 5 rings (SSSR count). The van der Waals surface area contributed by atoms with Gasteiger partial charge in [-0.2, -0.15) is 4.98 Å². The lowest BCUT2D eigenvalue weighted by Gasteiger charge is -2.04. The standard InChI is InChI=1S/C14H10N2OS/c1-8-6-9-2-4-11(8)13-15-14(17-16-13)12-5-3-10(7-9)18-12/h2-6H,7H2,1H3. The molecule has 2 aliphatic heterocycles. The van der Waals surface area contributed by atoms with Crippen LogP contribution in [0.25, 0.3) is 22.2 Å². The number of hydrogen-bond acceptors (Lipinski definition) is 4. The van der Waals surface area contributed by atoms with Crippen molar-refractivity contribution in [3.8, 4) is 22.2 Å². The highest BCUT2D eigenvalue weighted by molar-refractivity contribution is 7.15. The number of hydrogen-bond donors (Lipinski definition) is 0. The summed E-state index contributed by atoms with van der Waals surface area (Å²) in [5.41, 5.74) is 3.57. The minimum Gasteiger partial charge on any atom is -0.333 e. The van der Waals surface area contributed by atoms with Crippen molar-refractivity contribution in [2.24, 2.45) is 0 Å². The second kappa shape index (κ2) is 3.53. The number of aromatic nitrogens is 2. The molecule has 0 unspecified atom stereocenters. The molecule has 0 fully saturated rings. The van der Waals surface area contributed by atoms with Gasteiger partial charge in [-0.25, -0.2) is 0 Å². The molecule has 0 saturated carbocycles. The van der Waals surface area contributed by atoms with Crippen LogP contribution in [0.3, 0.4) is 0 Å². The molecule has 6 bridgehead atoms. The molecule has 1 aromatic carbocycles. The average molecular weight is 254 g/mol. The van der Waals surface area contributed by atoms with Gasteiger partial charge in [0.2, 0.25) is 5.82 Å². The third kappa shape index (κ3) is 1.42. The minimum absolute atomic E-state index is 0.616. The molecular formula is C14H10N2OS. The number of aryl methyl sites for hydroxylation is 1. The first-order chi connectivity index (χ1) is 8.79. The summed E-state index contributed by atoms with van der Waals surface area (Å²) in [6.45, 7) is 2.09. The molecule has 4 heterocycles. The maximum Gasteiger partial charge on any atom is 0.268 e. The predicted molar refractivity (Wildman–Crippen MR) is 70.6 cm³/mol. The summed E-state index contributed by atoms with van der Waals surface area (Å²) in [4.78, 5) is 6.84. The van der Waals surface area contributed by atoms with Crippen molar-refractivity contribution < 1.29 is 4.52 Å². The molecule has 0 radical (unpaired) electrons. The summed E-state index contributed by atoms with van der Waals surface area (Å²) in [5.74, 6) is 1.29. The van der Waals surface area contributed by atoms with Crippen molar-refractivity contribution in [1.29, 1.82) is 0 Å². The molecule has 18 heavy (non-hydrogen) atoms. The van der Waals surface area contributed by atoms with Gasteiger partial charge < -0.3 is 4.52 Å². The highest BCUT2D eigenvalue weighted by Gasteiger charge is 2.16. The summed E-state index contributed by atoms with van der Waals surface area (Å²) < 4.78 is 5.34. The van der Waals surface area contributed by atoms with Crippen molar-refractivity contribution in [3.63, 3.8) is 0 Å². The number of fused-ring (bicyclic) bond motifs is 2. The van der Waals surface area contributed by atoms with Crippen molar-refractivity contribution in [3.05, 3.63) is 46.3 Å². The summed E-state index contributed by atoms with van der Waals surface area (Å²) in [6, 6.07) is 10.6. The van der Waals surface area contributed by atoms with E-state index in [0.717, 1.165) is 16.9 Å². The lowest BCUT2D eigenvalue weighted by Crippen LogP contribution is -1.90. The summed E-state index contributed by atoms with van der Waals surface area (Å²) in [7, 11) is 0. The monoisotopic (exact) mass is 254 g/mol. The fourth-order valence-corrected chi connectivity index (χ4v) is 3.27. The molecule has 0 amide bonds. The van der Waals surface area contributed by atoms with E-state index >= 15 is 0 Å². The molecule has 3 aromatic rings. The van der Waals surface area contributed by atoms with Gasteiger partial charge in [-0.05, 0) is 30.2 Å². The van der Waals surface area contributed by atoms with Gasteiger partial charge in [-0.1, -0.05) is 23.4 Å². The van der Waals surface area contributed by atoms with E-state index in [4.69, 9.17) is 4.52 Å². The molecule has 4 heteroatoms. The van der Waals surface area contributed by atoms with E-state index in [2.05, 4.69) is 47.4 Å². The van der Waals surface area contributed by atoms with Crippen LogP contribution < -0.4 is 0 Å². The Bertz CT molecular complexity index is 742. The van der Waals surface area contributed by atoms with E-state index in [1.54, 1.807) is 11.3 Å². The molecule has 3 nitrogen and oxygen atoms in total. The van der Waals surface area contributed by atoms with Crippen LogP contribution in [0.2, 0.25) is 0 Å². The highest BCUT2D eigenvalue weighted by atomic mass is 32.1. The number of nitrogens with zero attached hydrogens (tertiary/aromatic N) is 2. The van der Waals surface area contributed by atoms with Crippen LogP contribution in [0.15, 0.2) is 34.9 Å². The van der Waals surface area contributed by atoms with Crippen molar-refractivity contribution in [2.75, 3.05) is 0 Å². The van der Waals surface area contributed by atoms with E-state index in [0.29, 0.717) is 11.7 Å². The Kier molecular flexibility index (Phi) is 1.96. The Balaban J connectivity index is 2.06. The molecule has 0 atom stereocenters. The molecule has 0 saturated heterocycles. The van der Waals surface area contributed by atoms with Gasteiger partial charge in [-0.15, -0.1) is 11.3 Å². The highest BCUT2D eigenvalue weighted by Crippen LogP contribution is 2.32. The van der Waals surface area contributed by atoms with Crippen molar-refractivity contribution in [2.45, 2.75) is 13.3 Å². The summed E-state index contributed by atoms with van der Waals surface area (Å²) in [6.07, 6.45) is 0.964. The zero-order valence-electron chi connectivity index (χ0n) is 9.80. The minimum atomic E-state index is 0.616. The van der Waals surface area contributed by atoms with Gasteiger partial charge in [-0.3, -0.25) is 0 Å². The lowest BCUT2D eigenvalue weighted by atomic mass is 10.0. The third-order valence-electron chi connectivity index (χ3n) is 3.21. The van der Waals surface area contributed by atoms with Crippen LogP contribution in [0, 0.1) is 6.92 Å². The number of benzene rings is 1. The Morgan fingerprint density at radius 1 is 1.22 bits per heavy atom. The van der Waals surface area contributed by atoms with E-state index in [9.17, 15) is 0 Å². The van der Waals surface area contributed by atoms with Crippen LogP contribution in [-0.2, 0) is 6.42 Å². The Hall–Kier alpha value is -1.94. The van der Waals surface area contributed by atoms with E-state index in [1.165, 1.54) is 16.0 Å². The van der Waals surface area contributed by atoms with Crippen LogP contribution >= 0.6 is 11.3 Å². The second-order valence-electron chi connectivity index (χ2n) is 4.52. The first-order valence-electron chi connectivity index (χ1n) is 5.82. The molecule has 0 aliphatic carbocycles. The fraction of sp³-hybridized carbons (Fsp3) is 0.143. The zero-order chi connectivity index (χ0) is 12.1. The molecule has 2 aromatic heterocycles. The maximum atomic E-state index is 5.34. The molecule has 88 valence electrons. The molecule has 0 N–H and O–H groups in total. The first-order valence-corrected chi connectivity index (χ1v) is 6.64. The lowest BCUT2D eigenvalue weighted by molar-refractivity contribution is 0.433. The molecule has 2 aliphatic rings. The van der Waals surface area contributed by atoms with E-state index in [1.807, 2.05) is 0 Å². The van der Waals surface area contributed by atoms with Crippen LogP contribution in [0.1, 0.15) is 16.0 Å². The topological polar surface area (TPSA) is 38.9 Å². The third-order valence-corrected chi connectivity index (χ3v) is 4.28. The smallest absolute Gasteiger partial charge is 0.268 e. The quantitative estimate of drug-likeness (QED) is 0.480. The van der Waals surface area contributed by atoms with Gasteiger partial charge in [0, 0.05) is 16.9 Å². The van der Waals surface area contributed by atoms with Crippen molar-refractivity contribution in [1.82, 2.24) is 10.1 Å². The van der Waals surface area contributed by atoms with Gasteiger partial charge in [0.1, 0.15) is 0 Å². The number of rotatable bonds is 0. The van der Waals surface area contributed by atoms with Crippen LogP contribution in [0.5, 0.6) is 0 Å². The van der Waals surface area contributed by atoms with E-state index in [-0.39, 0.29) is 0 Å². The Morgan fingerprint density at radius 2 is 2.17 bits per heavy atom. The van der Waals surface area contributed by atoms with Crippen LogP contribution in [0.4, 0.5) is 0 Å². The summed E-state index contributed by atoms with van der Waals surface area (Å²) >= 11 is 1.72. The summed E-state index contributed by atoms with van der Waals surface area (Å²) in [5, 5.41) is 4.07. The van der Waals surface area contributed by atoms with E-state index < -0.39 is 0 Å². The molecular weight excluding hydrogens is 244 g/mol. The molecule has 0 spiro atoms. The maximum absolute atomic E-state index is 5.34. The van der Waals surface area contributed by atoms with Crippen LogP contribution in [-0.4, -0.2) is 10.1 Å². The first kappa shape index (κ1) is 10.0. The van der Waals surface area contributed by atoms with Gasteiger partial charge in [0.25, 0.3) is 5.89 Å². The van der Waals surface area contributed by atoms with Gasteiger partial charge >= 0.3 is 0 Å². The SMILES string of the molecule is Cc1cc2ccc1-c1noc(n1)-c1ccc(s1)C2. The van der Waals surface area contributed by atoms with Crippen molar-refractivity contribution >= 4 is 11.3 Å². The Morgan fingerprint density at radius 3 is 3.06 bits per heavy atom. The number of thiophene rings is 1. The average Bonchev–Trinajstić information content (AvgIpc) is 2.95. The van der Waals surface area contributed by atoms with Gasteiger partial charge in [0.05, 0.1) is 4.88 Å². The largest absolute Gasteiger partial charge is 0.333 e. The second-order valence-corrected chi connectivity index (χ2v) is 5.68. The predicted octanol–water partition coefficient (Wildman–Crippen LogP) is 3.68. The van der Waals surface area contributed by atoms with Gasteiger partial charge in [0.15, 0.2) is 0 Å². The normalized spacial score (nSPS) is 12.5.